The van der Waals surface area contributed by atoms with E-state index in [0.29, 0.717) is 25.7 Å². The Kier molecular flexibility index (Phi) is 63.7. The van der Waals surface area contributed by atoms with Crippen LogP contribution in [0.5, 0.6) is 0 Å². The normalized spacial score (nSPS) is 14.1. The molecule has 92 heavy (non-hydrogen) atoms. The number of carbonyl (C=O) groups is 4. The monoisotopic (exact) mass is 1350 g/mol. The summed E-state index contributed by atoms with van der Waals surface area (Å²) in [6.07, 6.45) is 51.2. The Hall–Kier alpha value is -1.94. The molecule has 0 saturated heterocycles. The quantitative estimate of drug-likeness (QED) is 0.0222. The van der Waals surface area contributed by atoms with Gasteiger partial charge in [-0.1, -0.05) is 324 Å². The Labute approximate surface area is 562 Å². The van der Waals surface area contributed by atoms with Crippen LogP contribution in [0.3, 0.4) is 0 Å². The Morgan fingerprint density at radius 3 is 0.739 bits per heavy atom. The first-order valence-corrected chi connectivity index (χ1v) is 41.0. The van der Waals surface area contributed by atoms with E-state index in [-0.39, 0.29) is 25.7 Å². The second kappa shape index (κ2) is 65.0. The van der Waals surface area contributed by atoms with Crippen LogP contribution >= 0.6 is 15.6 Å². The number of hydrogen-bond donors (Lipinski definition) is 3. The maximum atomic E-state index is 13.1. The number of phosphoric acid groups is 2. The van der Waals surface area contributed by atoms with Crippen molar-refractivity contribution in [2.75, 3.05) is 39.6 Å². The summed E-state index contributed by atoms with van der Waals surface area (Å²) in [5.74, 6) is -0.589. The number of ether oxygens (including phenoxy) is 4. The Morgan fingerprint density at radius 1 is 0.293 bits per heavy atom. The van der Waals surface area contributed by atoms with E-state index in [9.17, 15) is 43.2 Å². The summed E-state index contributed by atoms with van der Waals surface area (Å²) in [4.78, 5) is 72.7. The fourth-order valence-corrected chi connectivity index (χ4v) is 12.7. The first kappa shape index (κ1) is 90.1. The molecule has 3 N–H and O–H groups in total. The lowest BCUT2D eigenvalue weighted by molar-refractivity contribution is -0.161. The number of aliphatic hydroxyl groups excluding tert-OH is 1. The van der Waals surface area contributed by atoms with Crippen LogP contribution in [0.25, 0.3) is 0 Å². The van der Waals surface area contributed by atoms with Gasteiger partial charge in [-0.3, -0.25) is 37.3 Å². The third-order valence-corrected chi connectivity index (χ3v) is 18.9. The topological polar surface area (TPSA) is 237 Å². The second-order valence-electron chi connectivity index (χ2n) is 27.3. The lowest BCUT2D eigenvalue weighted by Crippen LogP contribution is -2.30. The molecule has 2 unspecified atom stereocenters. The molecule has 0 bridgehead atoms. The van der Waals surface area contributed by atoms with Crippen molar-refractivity contribution >= 4 is 39.5 Å². The number of phosphoric ester groups is 2. The third-order valence-electron chi connectivity index (χ3n) is 17.0. The molecule has 0 aliphatic heterocycles. The SMILES string of the molecule is CCCCCCCCCCCCCCCCC(=O)OC[C@H](COP(=O)(O)OC[C@@H](O)COP(=O)(O)OC[C@@H](COC(=O)CCCCCCCCCCCC)OC(=O)CCCCCCCCCCCCC(C)C)OC(=O)CCCCCCCCCCCCCCC(C)C. The largest absolute Gasteiger partial charge is 0.472 e. The first-order valence-electron chi connectivity index (χ1n) is 38.0. The molecule has 0 amide bonds. The van der Waals surface area contributed by atoms with Gasteiger partial charge in [0.25, 0.3) is 0 Å². The highest BCUT2D eigenvalue weighted by molar-refractivity contribution is 7.47. The average Bonchev–Trinajstić information content (AvgIpc) is 3.73. The van der Waals surface area contributed by atoms with Crippen molar-refractivity contribution in [1.82, 2.24) is 0 Å². The molecule has 546 valence electrons. The van der Waals surface area contributed by atoms with Crippen molar-refractivity contribution in [3.05, 3.63) is 0 Å². The highest BCUT2D eigenvalue weighted by Crippen LogP contribution is 2.45. The summed E-state index contributed by atoms with van der Waals surface area (Å²) < 4.78 is 68.4. The number of rotatable bonds is 72. The Balaban J connectivity index is 5.25. The van der Waals surface area contributed by atoms with E-state index in [4.69, 9.17) is 37.0 Å². The van der Waals surface area contributed by atoms with Gasteiger partial charge in [0.05, 0.1) is 26.4 Å². The van der Waals surface area contributed by atoms with Gasteiger partial charge in [-0.25, -0.2) is 9.13 Å². The van der Waals surface area contributed by atoms with Crippen molar-refractivity contribution in [3.8, 4) is 0 Å². The summed E-state index contributed by atoms with van der Waals surface area (Å²) in [6.45, 7) is 9.57. The van der Waals surface area contributed by atoms with E-state index in [1.165, 1.54) is 193 Å². The molecule has 0 aliphatic rings. The molecule has 0 heterocycles. The van der Waals surface area contributed by atoms with Gasteiger partial charge < -0.3 is 33.8 Å². The molecule has 0 fully saturated rings. The van der Waals surface area contributed by atoms with Gasteiger partial charge >= 0.3 is 39.5 Å². The highest BCUT2D eigenvalue weighted by atomic mass is 31.2. The van der Waals surface area contributed by atoms with Gasteiger partial charge in [-0.2, -0.15) is 0 Å². The van der Waals surface area contributed by atoms with Crippen molar-refractivity contribution in [2.45, 2.75) is 394 Å². The van der Waals surface area contributed by atoms with Crippen molar-refractivity contribution in [1.29, 1.82) is 0 Å². The molecule has 0 saturated carbocycles. The zero-order valence-corrected chi connectivity index (χ0v) is 61.6. The van der Waals surface area contributed by atoms with Crippen LogP contribution in [0.2, 0.25) is 0 Å². The summed E-state index contributed by atoms with van der Waals surface area (Å²) >= 11 is 0. The van der Waals surface area contributed by atoms with E-state index in [0.717, 1.165) is 102 Å². The fraction of sp³-hybridized carbons (Fsp3) is 0.945. The number of unbranched alkanes of at least 4 members (excludes halogenated alkanes) is 42. The predicted octanol–water partition coefficient (Wildman–Crippen LogP) is 21.2. The fourth-order valence-electron chi connectivity index (χ4n) is 11.1. The summed E-state index contributed by atoms with van der Waals surface area (Å²) in [5.41, 5.74) is 0. The van der Waals surface area contributed by atoms with Crippen LogP contribution in [-0.2, 0) is 65.4 Å². The molecule has 17 nitrogen and oxygen atoms in total. The molecule has 0 radical (unpaired) electrons. The maximum Gasteiger partial charge on any atom is 0.472 e. The molecular formula is C73H142O17P2. The van der Waals surface area contributed by atoms with Crippen molar-refractivity contribution < 1.29 is 80.2 Å². The van der Waals surface area contributed by atoms with E-state index in [1.54, 1.807) is 0 Å². The van der Waals surface area contributed by atoms with E-state index >= 15 is 0 Å². The standard InChI is InChI=1S/C73H142O17P2/c1-7-9-11-13-15-17-19-20-21-25-32-38-44-50-56-71(76)84-62-69(89-72(77)57-51-45-39-33-26-23-22-24-29-35-41-47-53-65(3)4)64-88-92(81,82)86-60-67(74)59-85-91(79,80)87-63-68(61-83-70(75)55-49-43-37-31-18-16-14-12-10-8-2)90-73(78)58-52-46-40-34-28-27-30-36-42-48-54-66(5)6/h65-69,74H,7-64H2,1-6H3,(H,79,80)(H,81,82)/t67-,68+,69+/m0/s1. The zero-order valence-electron chi connectivity index (χ0n) is 59.9. The molecule has 0 aromatic carbocycles. The van der Waals surface area contributed by atoms with Crippen molar-refractivity contribution in [3.63, 3.8) is 0 Å². The second-order valence-corrected chi connectivity index (χ2v) is 30.2. The average molecular weight is 1350 g/mol. The zero-order chi connectivity index (χ0) is 67.9. The van der Waals surface area contributed by atoms with Crippen molar-refractivity contribution in [2.24, 2.45) is 11.8 Å². The molecule has 0 rings (SSSR count). The number of aliphatic hydroxyl groups is 1. The van der Waals surface area contributed by atoms with Gasteiger partial charge in [0, 0.05) is 25.7 Å². The van der Waals surface area contributed by atoms with Gasteiger partial charge in [0.15, 0.2) is 12.2 Å². The van der Waals surface area contributed by atoms with Crippen LogP contribution in [0.15, 0.2) is 0 Å². The van der Waals surface area contributed by atoms with Crippen LogP contribution in [0.4, 0.5) is 0 Å². The molecule has 0 aromatic rings. The Morgan fingerprint density at radius 2 is 0.500 bits per heavy atom. The smallest absolute Gasteiger partial charge is 0.462 e. The molecule has 19 heteroatoms. The molecule has 5 atom stereocenters. The third kappa shape index (κ3) is 66.7. The minimum absolute atomic E-state index is 0.106. The minimum Gasteiger partial charge on any atom is -0.462 e. The lowest BCUT2D eigenvalue weighted by Gasteiger charge is -2.21. The molecule has 0 aliphatic carbocycles. The summed E-state index contributed by atoms with van der Waals surface area (Å²) in [7, 11) is -9.90. The minimum atomic E-state index is -4.95. The first-order chi connectivity index (χ1) is 44.4. The van der Waals surface area contributed by atoms with Crippen LogP contribution in [-0.4, -0.2) is 96.7 Å². The number of hydrogen-bond acceptors (Lipinski definition) is 15. The molecule has 0 spiro atoms. The molecular weight excluding hydrogens is 1210 g/mol. The highest BCUT2D eigenvalue weighted by Gasteiger charge is 2.30. The molecule has 0 aromatic heterocycles. The van der Waals surface area contributed by atoms with Crippen LogP contribution in [0, 0.1) is 11.8 Å². The summed E-state index contributed by atoms with van der Waals surface area (Å²) in [5, 5.41) is 10.6. The Bertz CT molecular complexity index is 1790. The maximum absolute atomic E-state index is 13.1. The van der Waals surface area contributed by atoms with E-state index < -0.39 is 97.5 Å². The van der Waals surface area contributed by atoms with Gasteiger partial charge in [0.2, 0.25) is 0 Å². The van der Waals surface area contributed by atoms with E-state index in [1.807, 2.05) is 0 Å². The van der Waals surface area contributed by atoms with Crippen LogP contribution in [0.1, 0.15) is 375 Å². The predicted molar refractivity (Wildman–Crippen MR) is 372 cm³/mol. The number of esters is 4. The van der Waals surface area contributed by atoms with Crippen LogP contribution < -0.4 is 0 Å². The van der Waals surface area contributed by atoms with Gasteiger partial charge in [-0.05, 0) is 37.5 Å². The van der Waals surface area contributed by atoms with E-state index in [2.05, 4.69) is 41.5 Å². The van der Waals surface area contributed by atoms with Gasteiger partial charge in [0.1, 0.15) is 19.3 Å². The summed E-state index contributed by atoms with van der Waals surface area (Å²) in [6, 6.07) is 0. The number of carbonyl (C=O) groups excluding carboxylic acids is 4. The van der Waals surface area contributed by atoms with Gasteiger partial charge in [-0.15, -0.1) is 0 Å². The lowest BCUT2D eigenvalue weighted by atomic mass is 10.0.